The molecule has 0 fully saturated rings. The fraction of sp³-hybridized carbons (Fsp3) is 0.333. The van der Waals surface area contributed by atoms with Crippen LogP contribution in [0.4, 0.5) is 0 Å². The molecule has 3 heteroatoms. The Kier molecular flexibility index (Phi) is 6.34. The van der Waals surface area contributed by atoms with Crippen LogP contribution in [0.2, 0.25) is 0 Å². The number of benzene rings is 2. The first-order valence-electron chi connectivity index (χ1n) is 7.32. The Bertz CT molecular complexity index is 550. The first-order chi connectivity index (χ1) is 10.1. The van der Waals surface area contributed by atoms with Crippen molar-refractivity contribution in [3.8, 4) is 0 Å². The third-order valence-electron chi connectivity index (χ3n) is 3.66. The number of aryl methyl sites for hydroxylation is 1. The zero-order valence-corrected chi connectivity index (χ0v) is 15.2. The van der Waals surface area contributed by atoms with Crippen molar-refractivity contribution in [3.63, 3.8) is 0 Å². The van der Waals surface area contributed by atoms with Crippen LogP contribution >= 0.6 is 27.7 Å². The van der Waals surface area contributed by atoms with Crippen LogP contribution in [0.3, 0.4) is 0 Å². The zero-order chi connectivity index (χ0) is 15.2. The SMILES string of the molecule is CCc1ccc(C(NC)C(C)Sc2ccc(Br)cc2)cc1. The molecule has 1 N–H and O–H groups in total. The smallest absolute Gasteiger partial charge is 0.0438 e. The molecular weight excluding hydrogens is 342 g/mol. The molecule has 0 radical (unpaired) electrons. The predicted octanol–water partition coefficient (Wildman–Crippen LogP) is 5.45. The van der Waals surface area contributed by atoms with E-state index in [1.54, 1.807) is 0 Å². The molecule has 2 unspecified atom stereocenters. The molecule has 0 amide bonds. The molecule has 0 saturated heterocycles. The molecule has 0 spiro atoms. The van der Waals surface area contributed by atoms with E-state index < -0.39 is 0 Å². The van der Waals surface area contributed by atoms with Gasteiger partial charge in [0.15, 0.2) is 0 Å². The van der Waals surface area contributed by atoms with Crippen LogP contribution in [-0.4, -0.2) is 12.3 Å². The second-order valence-electron chi connectivity index (χ2n) is 5.14. The van der Waals surface area contributed by atoms with Gasteiger partial charge in [-0.1, -0.05) is 54.0 Å². The molecule has 2 atom stereocenters. The predicted molar refractivity (Wildman–Crippen MR) is 97.1 cm³/mol. The lowest BCUT2D eigenvalue weighted by atomic mass is 10.0. The van der Waals surface area contributed by atoms with Crippen molar-refractivity contribution in [2.75, 3.05) is 7.05 Å². The maximum Gasteiger partial charge on any atom is 0.0438 e. The number of rotatable bonds is 6. The number of hydrogen-bond acceptors (Lipinski definition) is 2. The van der Waals surface area contributed by atoms with Crippen molar-refractivity contribution < 1.29 is 0 Å². The van der Waals surface area contributed by atoms with Gasteiger partial charge in [-0.2, -0.15) is 0 Å². The summed E-state index contributed by atoms with van der Waals surface area (Å²) >= 11 is 5.39. The van der Waals surface area contributed by atoms with Gasteiger partial charge in [0.25, 0.3) is 0 Å². The second kappa shape index (κ2) is 8.02. The number of nitrogens with one attached hydrogen (secondary N) is 1. The minimum absolute atomic E-state index is 0.351. The van der Waals surface area contributed by atoms with E-state index in [1.165, 1.54) is 16.0 Å². The fourth-order valence-corrected chi connectivity index (χ4v) is 3.85. The molecule has 0 saturated carbocycles. The number of hydrogen-bond donors (Lipinski definition) is 1. The lowest BCUT2D eigenvalue weighted by Crippen LogP contribution is -2.25. The van der Waals surface area contributed by atoms with Crippen molar-refractivity contribution in [3.05, 3.63) is 64.1 Å². The van der Waals surface area contributed by atoms with Crippen molar-refractivity contribution in [1.82, 2.24) is 5.32 Å². The quantitative estimate of drug-likeness (QED) is 0.684. The van der Waals surface area contributed by atoms with E-state index in [-0.39, 0.29) is 0 Å². The van der Waals surface area contributed by atoms with E-state index in [2.05, 4.69) is 83.6 Å². The van der Waals surface area contributed by atoms with Gasteiger partial charge >= 0.3 is 0 Å². The summed E-state index contributed by atoms with van der Waals surface area (Å²) in [4.78, 5) is 1.30. The van der Waals surface area contributed by atoms with Crippen molar-refractivity contribution in [2.24, 2.45) is 0 Å². The minimum atomic E-state index is 0.351. The Morgan fingerprint density at radius 2 is 1.67 bits per heavy atom. The molecule has 0 aliphatic rings. The fourth-order valence-electron chi connectivity index (χ4n) is 2.43. The Balaban J connectivity index is 2.09. The van der Waals surface area contributed by atoms with Crippen LogP contribution in [-0.2, 0) is 6.42 Å². The number of thioether (sulfide) groups is 1. The molecular formula is C18H22BrNS. The molecule has 2 aromatic rings. The van der Waals surface area contributed by atoms with Crippen molar-refractivity contribution >= 4 is 27.7 Å². The summed E-state index contributed by atoms with van der Waals surface area (Å²) in [5, 5.41) is 3.92. The summed E-state index contributed by atoms with van der Waals surface area (Å²) in [7, 11) is 2.04. The van der Waals surface area contributed by atoms with E-state index in [9.17, 15) is 0 Å². The lowest BCUT2D eigenvalue weighted by molar-refractivity contribution is 0.589. The Labute approximate surface area is 140 Å². The third kappa shape index (κ3) is 4.60. The second-order valence-corrected chi connectivity index (χ2v) is 7.50. The number of halogens is 1. The first-order valence-corrected chi connectivity index (χ1v) is 8.99. The minimum Gasteiger partial charge on any atom is -0.312 e. The van der Waals surface area contributed by atoms with Gasteiger partial charge in [0.1, 0.15) is 0 Å². The normalized spacial score (nSPS) is 13.9. The van der Waals surface area contributed by atoms with E-state index >= 15 is 0 Å². The van der Waals surface area contributed by atoms with Gasteiger partial charge in [-0.05, 0) is 48.9 Å². The average molecular weight is 364 g/mol. The molecule has 21 heavy (non-hydrogen) atoms. The zero-order valence-electron chi connectivity index (χ0n) is 12.8. The standard InChI is InChI=1S/C18H22BrNS/c1-4-14-5-7-15(8-6-14)18(20-3)13(2)21-17-11-9-16(19)10-12-17/h5-13,18,20H,4H2,1-3H3. The highest BCUT2D eigenvalue weighted by Gasteiger charge is 2.18. The van der Waals surface area contributed by atoms with Crippen LogP contribution in [0.25, 0.3) is 0 Å². The molecule has 0 aliphatic heterocycles. The molecule has 0 heterocycles. The summed E-state index contributed by atoms with van der Waals surface area (Å²) in [5.41, 5.74) is 2.74. The van der Waals surface area contributed by atoms with Gasteiger partial charge in [-0.3, -0.25) is 0 Å². The summed E-state index contributed by atoms with van der Waals surface area (Å²) in [6.45, 7) is 4.47. The third-order valence-corrected chi connectivity index (χ3v) is 5.38. The topological polar surface area (TPSA) is 12.0 Å². The van der Waals surface area contributed by atoms with Crippen molar-refractivity contribution in [1.29, 1.82) is 0 Å². The molecule has 0 bridgehead atoms. The van der Waals surface area contributed by atoms with Crippen LogP contribution in [0.1, 0.15) is 31.0 Å². The molecule has 112 valence electrons. The van der Waals surface area contributed by atoms with Gasteiger partial charge in [-0.25, -0.2) is 0 Å². The largest absolute Gasteiger partial charge is 0.312 e. The van der Waals surface area contributed by atoms with E-state index in [0.29, 0.717) is 11.3 Å². The highest BCUT2D eigenvalue weighted by Crippen LogP contribution is 2.32. The summed E-state index contributed by atoms with van der Waals surface area (Å²) < 4.78 is 1.12. The molecule has 2 rings (SSSR count). The Morgan fingerprint density at radius 3 is 2.19 bits per heavy atom. The van der Waals surface area contributed by atoms with Crippen LogP contribution < -0.4 is 5.32 Å². The monoisotopic (exact) mass is 363 g/mol. The average Bonchev–Trinajstić information content (AvgIpc) is 2.51. The van der Waals surface area contributed by atoms with Gasteiger partial charge < -0.3 is 5.32 Å². The highest BCUT2D eigenvalue weighted by molar-refractivity contribution is 9.10. The maximum absolute atomic E-state index is 3.48. The van der Waals surface area contributed by atoms with E-state index in [1.807, 2.05) is 18.8 Å². The van der Waals surface area contributed by atoms with Gasteiger partial charge in [0.05, 0.1) is 0 Å². The maximum atomic E-state index is 3.48. The summed E-state index contributed by atoms with van der Waals surface area (Å²) in [5.74, 6) is 0. The van der Waals surface area contributed by atoms with Gasteiger partial charge in [0.2, 0.25) is 0 Å². The van der Waals surface area contributed by atoms with Crippen molar-refractivity contribution in [2.45, 2.75) is 36.5 Å². The first kappa shape index (κ1) is 16.6. The van der Waals surface area contributed by atoms with E-state index in [0.717, 1.165) is 10.9 Å². The molecule has 0 aliphatic carbocycles. The van der Waals surface area contributed by atoms with Crippen LogP contribution in [0, 0.1) is 0 Å². The molecule has 0 aromatic heterocycles. The van der Waals surface area contributed by atoms with E-state index in [4.69, 9.17) is 0 Å². The molecule has 2 aromatic carbocycles. The Morgan fingerprint density at radius 1 is 1.05 bits per heavy atom. The Hall–Kier alpha value is -0.770. The van der Waals surface area contributed by atoms with Crippen LogP contribution in [0.15, 0.2) is 57.9 Å². The summed E-state index contributed by atoms with van der Waals surface area (Å²) in [6.07, 6.45) is 1.09. The summed E-state index contributed by atoms with van der Waals surface area (Å²) in [6, 6.07) is 17.8. The van der Waals surface area contributed by atoms with Gasteiger partial charge in [0, 0.05) is 20.7 Å². The highest BCUT2D eigenvalue weighted by atomic mass is 79.9. The van der Waals surface area contributed by atoms with Crippen LogP contribution in [0.5, 0.6) is 0 Å². The van der Waals surface area contributed by atoms with Gasteiger partial charge in [-0.15, -0.1) is 11.8 Å². The lowest BCUT2D eigenvalue weighted by Gasteiger charge is -2.24. The molecule has 1 nitrogen and oxygen atoms in total.